The number of anilines is 1. The van der Waals surface area contributed by atoms with E-state index in [0.717, 1.165) is 37.8 Å². The normalized spacial score (nSPS) is 15.0. The lowest BCUT2D eigenvalue weighted by Gasteiger charge is -2.27. The minimum absolute atomic E-state index is 0.162. The molecule has 0 saturated heterocycles. The quantitative estimate of drug-likeness (QED) is 0.898. The summed E-state index contributed by atoms with van der Waals surface area (Å²) in [7, 11) is 0. The Kier molecular flexibility index (Phi) is 4.72. The topological polar surface area (TPSA) is 69.6 Å². The SMILES string of the molecule is O=C(O)CN(C(=O)Nc1ccc(F)cc1F)C1CCCC1. The van der Waals surface area contributed by atoms with Crippen molar-refractivity contribution in [3.05, 3.63) is 29.8 Å². The molecule has 0 heterocycles. The predicted molar refractivity (Wildman–Crippen MR) is 72.0 cm³/mol. The van der Waals surface area contributed by atoms with Crippen molar-refractivity contribution < 1.29 is 23.5 Å². The van der Waals surface area contributed by atoms with E-state index in [9.17, 15) is 18.4 Å². The summed E-state index contributed by atoms with van der Waals surface area (Å²) in [6.07, 6.45) is 3.32. The molecule has 114 valence electrons. The number of benzene rings is 1. The Hall–Kier alpha value is -2.18. The van der Waals surface area contributed by atoms with Gasteiger partial charge in [0.1, 0.15) is 18.2 Å². The van der Waals surface area contributed by atoms with Crippen molar-refractivity contribution in [1.29, 1.82) is 0 Å². The highest BCUT2D eigenvalue weighted by molar-refractivity contribution is 5.91. The Bertz CT molecular complexity index is 545. The van der Waals surface area contributed by atoms with Crippen LogP contribution in [0.1, 0.15) is 25.7 Å². The van der Waals surface area contributed by atoms with Crippen molar-refractivity contribution in [2.24, 2.45) is 0 Å². The number of hydrogen-bond acceptors (Lipinski definition) is 2. The largest absolute Gasteiger partial charge is 0.480 e. The number of urea groups is 1. The standard InChI is InChI=1S/C14H16F2N2O3/c15-9-5-6-12(11(16)7-9)17-14(21)18(8-13(19)20)10-3-1-2-4-10/h5-7,10H,1-4,8H2,(H,17,21)(H,19,20). The number of carboxylic acid groups (broad SMARTS) is 1. The summed E-state index contributed by atoms with van der Waals surface area (Å²) in [4.78, 5) is 24.2. The summed E-state index contributed by atoms with van der Waals surface area (Å²) in [5.41, 5.74) is -0.171. The molecule has 1 aromatic carbocycles. The van der Waals surface area contributed by atoms with Gasteiger partial charge in [0.25, 0.3) is 0 Å². The second-order valence-electron chi connectivity index (χ2n) is 5.01. The van der Waals surface area contributed by atoms with E-state index in [1.165, 1.54) is 4.90 Å². The van der Waals surface area contributed by atoms with Crippen LogP contribution in [0.5, 0.6) is 0 Å². The van der Waals surface area contributed by atoms with Gasteiger partial charge in [-0.25, -0.2) is 13.6 Å². The smallest absolute Gasteiger partial charge is 0.323 e. The van der Waals surface area contributed by atoms with Crippen molar-refractivity contribution in [1.82, 2.24) is 4.90 Å². The van der Waals surface area contributed by atoms with Gasteiger partial charge in [-0.3, -0.25) is 4.79 Å². The maximum absolute atomic E-state index is 13.5. The van der Waals surface area contributed by atoms with E-state index in [4.69, 9.17) is 5.11 Å². The van der Waals surface area contributed by atoms with E-state index in [2.05, 4.69) is 5.32 Å². The number of nitrogens with one attached hydrogen (secondary N) is 1. The first-order valence-electron chi connectivity index (χ1n) is 6.72. The summed E-state index contributed by atoms with van der Waals surface area (Å²) < 4.78 is 26.3. The molecule has 1 aromatic rings. The van der Waals surface area contributed by atoms with Crippen LogP contribution in [-0.4, -0.2) is 34.6 Å². The van der Waals surface area contributed by atoms with Crippen molar-refractivity contribution in [2.75, 3.05) is 11.9 Å². The van der Waals surface area contributed by atoms with Crippen LogP contribution in [0.4, 0.5) is 19.3 Å². The zero-order valence-corrected chi connectivity index (χ0v) is 11.3. The van der Waals surface area contributed by atoms with Gasteiger partial charge in [-0.2, -0.15) is 0 Å². The molecule has 0 atom stereocenters. The third-order valence-corrected chi connectivity index (χ3v) is 3.50. The molecule has 7 heteroatoms. The average molecular weight is 298 g/mol. The van der Waals surface area contributed by atoms with Crippen LogP contribution in [0.15, 0.2) is 18.2 Å². The van der Waals surface area contributed by atoms with Gasteiger partial charge in [-0.1, -0.05) is 12.8 Å². The zero-order chi connectivity index (χ0) is 15.4. The third-order valence-electron chi connectivity index (χ3n) is 3.50. The molecule has 0 unspecified atom stereocenters. The predicted octanol–water partition coefficient (Wildman–Crippen LogP) is 2.83. The molecule has 2 rings (SSSR count). The van der Waals surface area contributed by atoms with Crippen LogP contribution in [-0.2, 0) is 4.79 Å². The van der Waals surface area contributed by atoms with E-state index in [1.54, 1.807) is 0 Å². The average Bonchev–Trinajstić information content (AvgIpc) is 2.92. The first kappa shape index (κ1) is 15.2. The number of hydrogen-bond donors (Lipinski definition) is 2. The zero-order valence-electron chi connectivity index (χ0n) is 11.3. The van der Waals surface area contributed by atoms with Crippen molar-refractivity contribution >= 4 is 17.7 Å². The molecule has 5 nitrogen and oxygen atoms in total. The minimum Gasteiger partial charge on any atom is -0.480 e. The van der Waals surface area contributed by atoms with E-state index < -0.39 is 30.2 Å². The number of halogens is 2. The Balaban J connectivity index is 2.11. The first-order valence-corrected chi connectivity index (χ1v) is 6.72. The summed E-state index contributed by atoms with van der Waals surface area (Å²) in [5, 5.41) is 11.2. The highest BCUT2D eigenvalue weighted by atomic mass is 19.1. The van der Waals surface area contributed by atoms with Crippen LogP contribution in [0.2, 0.25) is 0 Å². The number of nitrogens with zero attached hydrogens (tertiary/aromatic N) is 1. The van der Waals surface area contributed by atoms with E-state index in [1.807, 2.05) is 0 Å². The van der Waals surface area contributed by atoms with E-state index >= 15 is 0 Å². The Labute approximate surface area is 120 Å². The van der Waals surface area contributed by atoms with Crippen LogP contribution in [0, 0.1) is 11.6 Å². The molecule has 1 saturated carbocycles. The molecule has 2 amide bonds. The molecular weight excluding hydrogens is 282 g/mol. The molecule has 1 aliphatic rings. The molecule has 21 heavy (non-hydrogen) atoms. The lowest BCUT2D eigenvalue weighted by molar-refractivity contribution is -0.138. The highest BCUT2D eigenvalue weighted by Crippen LogP contribution is 2.24. The Morgan fingerprint density at radius 1 is 1.29 bits per heavy atom. The van der Waals surface area contributed by atoms with E-state index in [0.29, 0.717) is 6.07 Å². The second kappa shape index (κ2) is 6.51. The van der Waals surface area contributed by atoms with Crippen LogP contribution in [0.3, 0.4) is 0 Å². The summed E-state index contributed by atoms with van der Waals surface area (Å²) in [6.45, 7) is -0.445. The maximum atomic E-state index is 13.5. The fourth-order valence-corrected chi connectivity index (χ4v) is 2.51. The molecule has 1 aliphatic carbocycles. The van der Waals surface area contributed by atoms with Gasteiger partial charge in [0.05, 0.1) is 5.69 Å². The molecule has 0 spiro atoms. The van der Waals surface area contributed by atoms with Crippen molar-refractivity contribution in [2.45, 2.75) is 31.7 Å². The number of carbonyl (C=O) groups excluding carboxylic acids is 1. The molecule has 0 bridgehead atoms. The number of carboxylic acids is 1. The van der Waals surface area contributed by atoms with Crippen LogP contribution < -0.4 is 5.32 Å². The fraction of sp³-hybridized carbons (Fsp3) is 0.429. The number of carbonyl (C=O) groups is 2. The summed E-state index contributed by atoms with van der Waals surface area (Å²) in [6, 6.07) is 1.94. The fourth-order valence-electron chi connectivity index (χ4n) is 2.51. The van der Waals surface area contributed by atoms with Gasteiger partial charge in [-0.05, 0) is 25.0 Å². The maximum Gasteiger partial charge on any atom is 0.323 e. The van der Waals surface area contributed by atoms with E-state index in [-0.39, 0.29) is 11.7 Å². The Morgan fingerprint density at radius 2 is 1.95 bits per heavy atom. The van der Waals surface area contributed by atoms with Crippen LogP contribution in [0.25, 0.3) is 0 Å². The van der Waals surface area contributed by atoms with Crippen molar-refractivity contribution in [3.8, 4) is 0 Å². The minimum atomic E-state index is -1.13. The summed E-state index contributed by atoms with van der Waals surface area (Å²) >= 11 is 0. The van der Waals surface area contributed by atoms with Crippen LogP contribution >= 0.6 is 0 Å². The molecule has 2 N–H and O–H groups in total. The van der Waals surface area contributed by atoms with Gasteiger partial charge in [0.15, 0.2) is 0 Å². The van der Waals surface area contributed by atoms with Crippen molar-refractivity contribution in [3.63, 3.8) is 0 Å². The first-order chi connectivity index (χ1) is 9.97. The highest BCUT2D eigenvalue weighted by Gasteiger charge is 2.28. The van der Waals surface area contributed by atoms with Gasteiger partial charge in [0, 0.05) is 12.1 Å². The molecule has 0 aromatic heterocycles. The molecule has 0 radical (unpaired) electrons. The molecule has 1 fully saturated rings. The lowest BCUT2D eigenvalue weighted by Crippen LogP contribution is -2.44. The second-order valence-corrected chi connectivity index (χ2v) is 5.01. The third kappa shape index (κ3) is 3.90. The number of aliphatic carboxylic acids is 1. The Morgan fingerprint density at radius 3 is 2.52 bits per heavy atom. The monoisotopic (exact) mass is 298 g/mol. The van der Waals surface area contributed by atoms with Gasteiger partial charge < -0.3 is 15.3 Å². The van der Waals surface area contributed by atoms with Gasteiger partial charge in [0.2, 0.25) is 0 Å². The van der Waals surface area contributed by atoms with Gasteiger partial charge >= 0.3 is 12.0 Å². The van der Waals surface area contributed by atoms with Gasteiger partial charge in [-0.15, -0.1) is 0 Å². The lowest BCUT2D eigenvalue weighted by atomic mass is 10.2. The number of rotatable bonds is 4. The molecular formula is C14H16F2N2O3. The number of amides is 2. The summed E-state index contributed by atoms with van der Waals surface area (Å²) in [5.74, 6) is -2.77. The molecule has 0 aliphatic heterocycles.